The van der Waals surface area contributed by atoms with Crippen molar-refractivity contribution >= 4 is 5.78 Å². The van der Waals surface area contributed by atoms with E-state index in [0.29, 0.717) is 17.6 Å². The Morgan fingerprint density at radius 3 is 2.50 bits per heavy atom. The van der Waals surface area contributed by atoms with Crippen LogP contribution in [-0.2, 0) is 9.53 Å². The fourth-order valence-electron chi connectivity index (χ4n) is 2.28. The van der Waals surface area contributed by atoms with Gasteiger partial charge in [-0.3, -0.25) is 4.79 Å². The van der Waals surface area contributed by atoms with Gasteiger partial charge in [-0.25, -0.2) is 0 Å². The molecule has 1 saturated heterocycles. The summed E-state index contributed by atoms with van der Waals surface area (Å²) in [7, 11) is 0. The Morgan fingerprint density at radius 2 is 1.93 bits per heavy atom. The number of hydrogen-bond acceptors (Lipinski definition) is 2. The van der Waals surface area contributed by atoms with Gasteiger partial charge in [-0.2, -0.15) is 0 Å². The predicted octanol–water partition coefficient (Wildman–Crippen LogP) is 2.42. The van der Waals surface area contributed by atoms with Gasteiger partial charge in [0.05, 0.1) is 0 Å². The molecule has 0 aromatic carbocycles. The van der Waals surface area contributed by atoms with Gasteiger partial charge < -0.3 is 4.74 Å². The van der Waals surface area contributed by atoms with Crippen LogP contribution in [0.25, 0.3) is 0 Å². The highest BCUT2D eigenvalue weighted by atomic mass is 16.5. The maximum Gasteiger partial charge on any atom is 0.136 e. The smallest absolute Gasteiger partial charge is 0.136 e. The lowest BCUT2D eigenvalue weighted by molar-refractivity contribution is -0.124. The van der Waals surface area contributed by atoms with E-state index >= 15 is 0 Å². The van der Waals surface area contributed by atoms with E-state index in [2.05, 4.69) is 6.92 Å². The topological polar surface area (TPSA) is 26.3 Å². The average Bonchev–Trinajstić information content (AvgIpc) is 3.01. The van der Waals surface area contributed by atoms with Crippen molar-refractivity contribution in [3.8, 4) is 0 Å². The molecule has 0 aromatic rings. The molecule has 0 N–H and O–H groups in total. The quantitative estimate of drug-likeness (QED) is 0.690. The van der Waals surface area contributed by atoms with Crippen LogP contribution in [0.4, 0.5) is 0 Å². The second-order valence-electron chi connectivity index (χ2n) is 4.85. The summed E-state index contributed by atoms with van der Waals surface area (Å²) in [5, 5.41) is 0. The maximum atomic E-state index is 11.9. The first-order valence-electron chi connectivity index (χ1n) is 5.88. The predicted molar refractivity (Wildman–Crippen MR) is 55.1 cm³/mol. The first kappa shape index (κ1) is 10.2. The van der Waals surface area contributed by atoms with E-state index in [1.165, 1.54) is 12.8 Å². The zero-order chi connectivity index (χ0) is 9.97. The fourth-order valence-corrected chi connectivity index (χ4v) is 2.28. The zero-order valence-corrected chi connectivity index (χ0v) is 9.00. The molecule has 0 aromatic heterocycles. The summed E-state index contributed by atoms with van der Waals surface area (Å²) in [5.41, 5.74) is 0. The molecule has 80 valence electrons. The molecule has 14 heavy (non-hydrogen) atoms. The zero-order valence-electron chi connectivity index (χ0n) is 9.00. The van der Waals surface area contributed by atoms with Gasteiger partial charge in [-0.05, 0) is 37.5 Å². The number of hydrogen-bond donors (Lipinski definition) is 0. The van der Waals surface area contributed by atoms with Crippen LogP contribution < -0.4 is 0 Å². The minimum absolute atomic E-state index is 0.331. The van der Waals surface area contributed by atoms with E-state index in [1.807, 2.05) is 0 Å². The van der Waals surface area contributed by atoms with Crippen molar-refractivity contribution in [3.63, 3.8) is 0 Å². The van der Waals surface area contributed by atoms with Crippen LogP contribution in [0.2, 0.25) is 0 Å². The standard InChI is InChI=1S/C12H20O2/c1-9(11-2-3-11)12(13)8-10-4-6-14-7-5-10/h9-11H,2-8H2,1H3. The third-order valence-corrected chi connectivity index (χ3v) is 3.67. The van der Waals surface area contributed by atoms with Crippen molar-refractivity contribution < 1.29 is 9.53 Å². The monoisotopic (exact) mass is 196 g/mol. The van der Waals surface area contributed by atoms with E-state index in [4.69, 9.17) is 4.74 Å². The van der Waals surface area contributed by atoms with Crippen molar-refractivity contribution in [2.24, 2.45) is 17.8 Å². The highest BCUT2D eigenvalue weighted by Crippen LogP contribution is 2.38. The van der Waals surface area contributed by atoms with Crippen LogP contribution in [0, 0.1) is 17.8 Å². The van der Waals surface area contributed by atoms with Gasteiger partial charge in [-0.15, -0.1) is 0 Å². The number of ketones is 1. The number of carbonyl (C=O) groups is 1. The third kappa shape index (κ3) is 2.57. The molecule has 1 aliphatic carbocycles. The summed E-state index contributed by atoms with van der Waals surface area (Å²) < 4.78 is 5.29. The van der Waals surface area contributed by atoms with Crippen LogP contribution in [0.5, 0.6) is 0 Å². The van der Waals surface area contributed by atoms with E-state index in [1.54, 1.807) is 0 Å². The van der Waals surface area contributed by atoms with E-state index in [-0.39, 0.29) is 0 Å². The van der Waals surface area contributed by atoms with Gasteiger partial charge in [-0.1, -0.05) is 6.92 Å². The largest absolute Gasteiger partial charge is 0.381 e. The molecular weight excluding hydrogens is 176 g/mol. The van der Waals surface area contributed by atoms with E-state index in [0.717, 1.165) is 38.4 Å². The average molecular weight is 196 g/mol. The fraction of sp³-hybridized carbons (Fsp3) is 0.917. The summed E-state index contributed by atoms with van der Waals surface area (Å²) in [4.78, 5) is 11.9. The molecule has 0 radical (unpaired) electrons. The first-order chi connectivity index (χ1) is 6.77. The minimum atomic E-state index is 0.331. The number of rotatable bonds is 4. The summed E-state index contributed by atoms with van der Waals surface area (Å²) >= 11 is 0. The van der Waals surface area contributed by atoms with Crippen LogP contribution in [-0.4, -0.2) is 19.0 Å². The Kier molecular flexibility index (Phi) is 3.22. The Labute approximate surface area is 86.0 Å². The lowest BCUT2D eigenvalue weighted by Gasteiger charge is -2.22. The Balaban J connectivity index is 1.74. The molecule has 0 amide bonds. The molecule has 1 atom stereocenters. The molecule has 1 saturated carbocycles. The van der Waals surface area contributed by atoms with Crippen LogP contribution in [0.15, 0.2) is 0 Å². The Hall–Kier alpha value is -0.370. The molecule has 0 spiro atoms. The number of Topliss-reactive ketones (excluding diaryl/α,β-unsaturated/α-hetero) is 1. The third-order valence-electron chi connectivity index (χ3n) is 3.67. The lowest BCUT2D eigenvalue weighted by atomic mass is 9.88. The van der Waals surface area contributed by atoms with E-state index < -0.39 is 0 Å². The highest BCUT2D eigenvalue weighted by Gasteiger charge is 2.33. The van der Waals surface area contributed by atoms with Crippen molar-refractivity contribution in [2.45, 2.75) is 39.0 Å². The van der Waals surface area contributed by atoms with Crippen molar-refractivity contribution in [3.05, 3.63) is 0 Å². The second kappa shape index (κ2) is 4.43. The number of carbonyl (C=O) groups excluding carboxylic acids is 1. The van der Waals surface area contributed by atoms with Crippen molar-refractivity contribution in [1.29, 1.82) is 0 Å². The number of ether oxygens (including phenoxy) is 1. The molecule has 2 heteroatoms. The molecule has 1 aliphatic heterocycles. The van der Waals surface area contributed by atoms with Crippen molar-refractivity contribution in [1.82, 2.24) is 0 Å². The molecule has 1 heterocycles. The van der Waals surface area contributed by atoms with Crippen molar-refractivity contribution in [2.75, 3.05) is 13.2 Å². The SMILES string of the molecule is CC(C(=O)CC1CCOCC1)C1CC1. The van der Waals surface area contributed by atoms with Crippen LogP contribution in [0.3, 0.4) is 0 Å². The first-order valence-corrected chi connectivity index (χ1v) is 5.88. The molecule has 2 fully saturated rings. The van der Waals surface area contributed by atoms with Gasteiger partial charge in [0.15, 0.2) is 0 Å². The van der Waals surface area contributed by atoms with Gasteiger partial charge in [0.25, 0.3) is 0 Å². The maximum absolute atomic E-state index is 11.9. The van der Waals surface area contributed by atoms with Gasteiger partial charge in [0, 0.05) is 25.6 Å². The minimum Gasteiger partial charge on any atom is -0.381 e. The van der Waals surface area contributed by atoms with Gasteiger partial charge >= 0.3 is 0 Å². The summed E-state index contributed by atoms with van der Waals surface area (Å²) in [6.07, 6.45) is 5.54. The van der Waals surface area contributed by atoms with Crippen LogP contribution >= 0.6 is 0 Å². The van der Waals surface area contributed by atoms with Gasteiger partial charge in [0.2, 0.25) is 0 Å². The molecule has 2 nitrogen and oxygen atoms in total. The highest BCUT2D eigenvalue weighted by molar-refractivity contribution is 5.81. The molecular formula is C12H20O2. The lowest BCUT2D eigenvalue weighted by Crippen LogP contribution is -2.22. The molecule has 0 bridgehead atoms. The molecule has 1 unspecified atom stereocenters. The molecule has 2 aliphatic rings. The Morgan fingerprint density at radius 1 is 1.29 bits per heavy atom. The second-order valence-corrected chi connectivity index (χ2v) is 4.85. The normalized spacial score (nSPS) is 26.1. The Bertz CT molecular complexity index is 202. The van der Waals surface area contributed by atoms with Gasteiger partial charge in [0.1, 0.15) is 5.78 Å². The summed E-state index contributed by atoms with van der Waals surface area (Å²) in [5.74, 6) is 2.16. The van der Waals surface area contributed by atoms with E-state index in [9.17, 15) is 4.79 Å². The summed E-state index contributed by atoms with van der Waals surface area (Å²) in [6, 6.07) is 0. The molecule has 2 rings (SSSR count). The van der Waals surface area contributed by atoms with Crippen LogP contribution in [0.1, 0.15) is 39.0 Å². The summed E-state index contributed by atoms with van der Waals surface area (Å²) in [6.45, 7) is 3.82.